The number of thiocarbonyl (C=S) groups is 1. The number of ether oxygens (including phenoxy) is 1. The third-order valence-electron chi connectivity index (χ3n) is 4.42. The first kappa shape index (κ1) is 15.5. The van der Waals surface area contributed by atoms with Crippen molar-refractivity contribution in [2.45, 2.75) is 6.04 Å². The van der Waals surface area contributed by atoms with E-state index in [4.69, 9.17) is 17.0 Å². The van der Waals surface area contributed by atoms with E-state index in [9.17, 15) is 4.79 Å². The Morgan fingerprint density at radius 3 is 2.71 bits per heavy atom. The van der Waals surface area contributed by atoms with Crippen LogP contribution in [0.3, 0.4) is 0 Å². The van der Waals surface area contributed by atoms with Gasteiger partial charge in [0, 0.05) is 15.6 Å². The van der Waals surface area contributed by atoms with Crippen LogP contribution < -0.4 is 10.1 Å². The molecule has 1 aliphatic carbocycles. The molecule has 0 spiro atoms. The summed E-state index contributed by atoms with van der Waals surface area (Å²) in [5.74, 6) is 0.407. The van der Waals surface area contributed by atoms with Gasteiger partial charge in [0.25, 0.3) is 0 Å². The number of Topliss-reactive ketones (excluding diaryl/α,β-unsaturated/α-hetero) is 1. The third kappa shape index (κ3) is 2.29. The highest BCUT2D eigenvalue weighted by molar-refractivity contribution is 9.10. The zero-order valence-corrected chi connectivity index (χ0v) is 15.1. The number of carbonyl (C=O) groups excluding carboxylic acids is 1. The summed E-state index contributed by atoms with van der Waals surface area (Å²) in [5.41, 5.74) is 3.26. The van der Waals surface area contributed by atoms with E-state index >= 15 is 0 Å². The van der Waals surface area contributed by atoms with Crippen LogP contribution in [-0.2, 0) is 0 Å². The molecule has 2 aromatic rings. The monoisotopic (exact) mass is 400 g/mol. The van der Waals surface area contributed by atoms with Crippen molar-refractivity contribution >= 4 is 44.8 Å². The minimum atomic E-state index is -0.391. The zero-order chi connectivity index (χ0) is 16.8. The molecule has 24 heavy (non-hydrogen) atoms. The lowest BCUT2D eigenvalue weighted by atomic mass is 9.87. The molecule has 0 fully saturated rings. The molecule has 2 unspecified atom stereocenters. The first-order valence-corrected chi connectivity index (χ1v) is 8.66. The molecule has 6 heteroatoms. The Bertz CT molecular complexity index is 910. The van der Waals surface area contributed by atoms with Crippen molar-refractivity contribution in [2.75, 3.05) is 7.11 Å². The fraction of sp³-hybridized carbons (Fsp3) is 0.167. The van der Waals surface area contributed by atoms with Crippen LogP contribution in [0.1, 0.15) is 27.5 Å². The molecule has 0 amide bonds. The maximum Gasteiger partial charge on any atom is 0.193 e. The minimum absolute atomic E-state index is 0.0686. The second kappa shape index (κ2) is 5.79. The van der Waals surface area contributed by atoms with Gasteiger partial charge < -0.3 is 10.1 Å². The van der Waals surface area contributed by atoms with E-state index in [2.05, 4.69) is 26.2 Å². The normalized spacial score (nSPS) is 21.7. The lowest BCUT2D eigenvalue weighted by molar-refractivity contribution is 0.0944. The quantitative estimate of drug-likeness (QED) is 0.780. The van der Waals surface area contributed by atoms with Gasteiger partial charge in [-0.05, 0) is 36.0 Å². The van der Waals surface area contributed by atoms with Crippen LogP contribution in [0.2, 0.25) is 0 Å². The number of hydrogen-bond acceptors (Lipinski definition) is 3. The van der Waals surface area contributed by atoms with Gasteiger partial charge in [-0.15, -0.1) is 0 Å². The molecule has 2 aliphatic rings. The molecule has 1 N–H and O–H groups in total. The Morgan fingerprint density at radius 2 is 1.96 bits per heavy atom. The molecule has 0 saturated carbocycles. The Kier molecular flexibility index (Phi) is 3.73. The summed E-state index contributed by atoms with van der Waals surface area (Å²) in [6.45, 7) is 0. The number of rotatable bonds is 2. The van der Waals surface area contributed by atoms with Crippen molar-refractivity contribution in [3.05, 3.63) is 63.6 Å². The largest absolute Gasteiger partial charge is 0.497 e. The Hall–Kier alpha value is -2.05. The van der Waals surface area contributed by atoms with Gasteiger partial charge in [0.2, 0.25) is 0 Å². The second-order valence-electron chi connectivity index (χ2n) is 5.70. The summed E-state index contributed by atoms with van der Waals surface area (Å²) >= 11 is 8.90. The number of methoxy groups -OCH3 is 1. The van der Waals surface area contributed by atoms with Gasteiger partial charge in [-0.1, -0.05) is 40.2 Å². The number of carbonyl (C=O) groups is 1. The first-order valence-electron chi connectivity index (χ1n) is 7.46. The fourth-order valence-electron chi connectivity index (χ4n) is 3.32. The first-order chi connectivity index (χ1) is 11.6. The highest BCUT2D eigenvalue weighted by atomic mass is 79.9. The van der Waals surface area contributed by atoms with E-state index in [0.717, 1.165) is 27.1 Å². The average Bonchev–Trinajstić information content (AvgIpc) is 2.88. The summed E-state index contributed by atoms with van der Waals surface area (Å²) in [7, 11) is 1.62. The topological polar surface area (TPSA) is 50.7 Å². The molecule has 0 bridgehead atoms. The Morgan fingerprint density at radius 1 is 1.21 bits per heavy atom. The number of halogens is 1. The Balaban J connectivity index is 1.87. The SMILES string of the molecule is COc1ccc(Br)c(C2NC(=S)N=C3c4ccccc4C(=O)C32)c1. The van der Waals surface area contributed by atoms with E-state index in [-0.39, 0.29) is 11.8 Å². The fourth-order valence-corrected chi connectivity index (χ4v) is 4.04. The number of nitrogens with zero attached hydrogens (tertiary/aromatic N) is 1. The molecule has 2 aromatic carbocycles. The smallest absolute Gasteiger partial charge is 0.193 e. The molecular weight excluding hydrogens is 388 g/mol. The molecule has 0 aromatic heterocycles. The highest BCUT2D eigenvalue weighted by Crippen LogP contribution is 2.41. The van der Waals surface area contributed by atoms with E-state index in [0.29, 0.717) is 10.7 Å². The molecule has 4 nitrogen and oxygen atoms in total. The average molecular weight is 401 g/mol. The van der Waals surface area contributed by atoms with Crippen molar-refractivity contribution < 1.29 is 9.53 Å². The van der Waals surface area contributed by atoms with Gasteiger partial charge in [0.05, 0.1) is 24.8 Å². The van der Waals surface area contributed by atoms with Gasteiger partial charge in [0.15, 0.2) is 10.9 Å². The van der Waals surface area contributed by atoms with Crippen LogP contribution in [0.5, 0.6) is 5.75 Å². The highest BCUT2D eigenvalue weighted by Gasteiger charge is 2.45. The summed E-state index contributed by atoms with van der Waals surface area (Å²) in [6, 6.07) is 13.0. The van der Waals surface area contributed by atoms with E-state index < -0.39 is 5.92 Å². The van der Waals surface area contributed by atoms with Crippen molar-refractivity contribution in [1.82, 2.24) is 5.32 Å². The minimum Gasteiger partial charge on any atom is -0.497 e. The molecule has 2 atom stereocenters. The molecule has 0 radical (unpaired) electrons. The predicted molar refractivity (Wildman–Crippen MR) is 100.0 cm³/mol. The molecule has 120 valence electrons. The van der Waals surface area contributed by atoms with E-state index in [1.807, 2.05) is 42.5 Å². The van der Waals surface area contributed by atoms with Crippen LogP contribution in [0, 0.1) is 5.92 Å². The number of hydrogen-bond donors (Lipinski definition) is 1. The summed E-state index contributed by atoms with van der Waals surface area (Å²) in [4.78, 5) is 17.4. The van der Waals surface area contributed by atoms with Crippen LogP contribution in [0.15, 0.2) is 51.9 Å². The van der Waals surface area contributed by atoms with Gasteiger partial charge in [-0.2, -0.15) is 0 Å². The van der Waals surface area contributed by atoms with E-state index in [1.54, 1.807) is 7.11 Å². The molecule has 0 saturated heterocycles. The molecule has 4 rings (SSSR count). The van der Waals surface area contributed by atoms with Gasteiger partial charge in [-0.3, -0.25) is 4.79 Å². The van der Waals surface area contributed by atoms with Crippen LogP contribution >= 0.6 is 28.1 Å². The van der Waals surface area contributed by atoms with Crippen LogP contribution in [-0.4, -0.2) is 23.7 Å². The summed E-state index contributed by atoms with van der Waals surface area (Å²) < 4.78 is 6.23. The Labute approximate surface area is 153 Å². The second-order valence-corrected chi connectivity index (χ2v) is 6.94. The van der Waals surface area contributed by atoms with Crippen molar-refractivity contribution in [1.29, 1.82) is 0 Å². The van der Waals surface area contributed by atoms with Crippen LogP contribution in [0.4, 0.5) is 0 Å². The molecule has 1 aliphatic heterocycles. The summed E-state index contributed by atoms with van der Waals surface area (Å²) in [5, 5.41) is 3.59. The van der Waals surface area contributed by atoms with Crippen molar-refractivity contribution in [3.8, 4) is 5.75 Å². The third-order valence-corrected chi connectivity index (χ3v) is 5.35. The lowest BCUT2D eigenvalue weighted by Crippen LogP contribution is -2.41. The lowest BCUT2D eigenvalue weighted by Gasteiger charge is -2.30. The standard InChI is InChI=1S/C18H13BrN2O2S/c1-23-9-6-7-13(19)12(8-9)16-14-15(20-18(24)21-16)10-4-2-3-5-11(10)17(14)22/h2-8,14,16H,1H3,(H,21,24). The zero-order valence-electron chi connectivity index (χ0n) is 12.7. The van der Waals surface area contributed by atoms with E-state index in [1.165, 1.54) is 0 Å². The number of aliphatic imine (C=N–C) groups is 1. The molecule has 1 heterocycles. The van der Waals surface area contributed by atoms with Crippen LogP contribution in [0.25, 0.3) is 0 Å². The van der Waals surface area contributed by atoms with Gasteiger partial charge >= 0.3 is 0 Å². The maximum absolute atomic E-state index is 13.0. The summed E-state index contributed by atoms with van der Waals surface area (Å²) in [6.07, 6.45) is 0. The molecular formula is C18H13BrN2O2S. The maximum atomic E-state index is 13.0. The number of benzene rings is 2. The number of fused-ring (bicyclic) bond motifs is 3. The van der Waals surface area contributed by atoms with Crippen molar-refractivity contribution in [2.24, 2.45) is 10.9 Å². The predicted octanol–water partition coefficient (Wildman–Crippen LogP) is 3.69. The van der Waals surface area contributed by atoms with Crippen molar-refractivity contribution in [3.63, 3.8) is 0 Å². The number of nitrogens with one attached hydrogen (secondary N) is 1. The van der Waals surface area contributed by atoms with Gasteiger partial charge in [0.1, 0.15) is 5.75 Å². The number of ketones is 1. The van der Waals surface area contributed by atoms with Gasteiger partial charge in [-0.25, -0.2) is 4.99 Å².